The van der Waals surface area contributed by atoms with Gasteiger partial charge in [-0.15, -0.1) is 11.3 Å². The number of carbonyl (C=O) groups is 2. The van der Waals surface area contributed by atoms with Gasteiger partial charge >= 0.3 is 5.97 Å². The van der Waals surface area contributed by atoms with Gasteiger partial charge < -0.3 is 14.8 Å². The third-order valence-electron chi connectivity index (χ3n) is 6.61. The van der Waals surface area contributed by atoms with E-state index in [2.05, 4.69) is 11.4 Å². The Morgan fingerprint density at radius 1 is 1.07 bits per heavy atom. The summed E-state index contributed by atoms with van der Waals surface area (Å²) in [5, 5.41) is 13.4. The molecule has 0 fully saturated rings. The molecule has 2 aromatic heterocycles. The largest absolute Gasteiger partial charge is 0.497 e. The summed E-state index contributed by atoms with van der Waals surface area (Å²) in [5.41, 5.74) is 5.80. The molecule has 0 aliphatic carbocycles. The third kappa shape index (κ3) is 6.62. The minimum Gasteiger partial charge on any atom is -0.497 e. The Bertz CT molecular complexity index is 1620. The summed E-state index contributed by atoms with van der Waals surface area (Å²) in [6, 6.07) is 19.7. The van der Waals surface area contributed by atoms with Crippen LogP contribution in [0.2, 0.25) is 0 Å². The molecule has 7 nitrogen and oxygen atoms in total. The van der Waals surface area contributed by atoms with Crippen LogP contribution in [0.5, 0.6) is 5.75 Å². The Balaban J connectivity index is 1.72. The van der Waals surface area contributed by atoms with E-state index in [0.717, 1.165) is 27.1 Å². The van der Waals surface area contributed by atoms with E-state index >= 15 is 0 Å². The average Bonchev–Trinajstić information content (AvgIpc) is 3.25. The first-order valence-corrected chi connectivity index (χ1v) is 14.8. The highest BCUT2D eigenvalue weighted by Gasteiger charge is 2.26. The maximum Gasteiger partial charge on any atom is 0.341 e. The molecule has 4 aromatic rings. The number of ether oxygens (including phenoxy) is 2. The van der Waals surface area contributed by atoms with Gasteiger partial charge in [0.15, 0.2) is 0 Å². The van der Waals surface area contributed by atoms with Crippen molar-refractivity contribution in [2.24, 2.45) is 0 Å². The third-order valence-corrected chi connectivity index (χ3v) is 8.81. The van der Waals surface area contributed by atoms with Crippen molar-refractivity contribution in [3.05, 3.63) is 81.7 Å². The molecule has 0 aliphatic heterocycles. The van der Waals surface area contributed by atoms with Crippen LogP contribution in [0.15, 0.2) is 59.6 Å². The van der Waals surface area contributed by atoms with Crippen molar-refractivity contribution in [2.45, 2.75) is 44.9 Å². The minimum absolute atomic E-state index is 0.239. The average molecular weight is 586 g/mol. The lowest BCUT2D eigenvalue weighted by atomic mass is 9.99. The molecule has 4 rings (SSSR count). The Labute approximate surface area is 248 Å². The van der Waals surface area contributed by atoms with Gasteiger partial charge in [-0.3, -0.25) is 4.79 Å². The van der Waals surface area contributed by atoms with Gasteiger partial charge in [-0.05, 0) is 63.9 Å². The molecule has 41 heavy (non-hydrogen) atoms. The zero-order valence-electron chi connectivity index (χ0n) is 23.8. The fourth-order valence-electron chi connectivity index (χ4n) is 4.18. The van der Waals surface area contributed by atoms with Crippen LogP contribution in [0, 0.1) is 32.1 Å². The molecule has 2 aromatic carbocycles. The van der Waals surface area contributed by atoms with Crippen molar-refractivity contribution in [3.63, 3.8) is 0 Å². The summed E-state index contributed by atoms with van der Waals surface area (Å²) in [7, 11) is 1.60. The lowest BCUT2D eigenvalue weighted by Crippen LogP contribution is -2.23. The summed E-state index contributed by atoms with van der Waals surface area (Å²) in [6.45, 7) is 9.50. The van der Waals surface area contributed by atoms with Crippen LogP contribution in [0.1, 0.15) is 45.8 Å². The van der Waals surface area contributed by atoms with Gasteiger partial charge in [-0.2, -0.15) is 5.26 Å². The van der Waals surface area contributed by atoms with Gasteiger partial charge in [-0.25, -0.2) is 9.78 Å². The van der Waals surface area contributed by atoms with Crippen LogP contribution in [0.25, 0.3) is 22.4 Å². The van der Waals surface area contributed by atoms with E-state index in [1.807, 2.05) is 75.4 Å². The van der Waals surface area contributed by atoms with E-state index in [-0.39, 0.29) is 12.5 Å². The number of benzene rings is 2. The number of thiophene rings is 1. The minimum atomic E-state index is -0.621. The molecule has 1 amide bonds. The van der Waals surface area contributed by atoms with Gasteiger partial charge in [0.25, 0.3) is 0 Å². The number of nitrogens with zero attached hydrogens (tertiary/aromatic N) is 2. The molecule has 0 unspecified atom stereocenters. The number of thioether (sulfide) groups is 1. The number of amides is 1. The second-order valence-electron chi connectivity index (χ2n) is 9.40. The van der Waals surface area contributed by atoms with Crippen LogP contribution >= 0.6 is 23.1 Å². The number of esters is 1. The number of aromatic nitrogens is 1. The fraction of sp³-hybridized carbons (Fsp3) is 0.250. The number of aryl methyl sites for hydroxylation is 2. The number of hydrogen-bond donors (Lipinski definition) is 1. The topological polar surface area (TPSA) is 101 Å². The van der Waals surface area contributed by atoms with E-state index in [1.165, 1.54) is 23.1 Å². The lowest BCUT2D eigenvalue weighted by molar-refractivity contribution is -0.115. The van der Waals surface area contributed by atoms with Gasteiger partial charge in [0.1, 0.15) is 21.8 Å². The molecule has 1 atom stereocenters. The summed E-state index contributed by atoms with van der Waals surface area (Å²) < 4.78 is 10.5. The van der Waals surface area contributed by atoms with Crippen LogP contribution < -0.4 is 10.1 Å². The SMILES string of the molecule is CCOC(=O)c1c(NC(=O)[C@@H](C)Sc2nc(-c3ccc(C)cc3)cc(-c3ccc(OC)cc3)c2C#N)sc(C)c1C. The molecule has 0 aliphatic rings. The normalized spacial score (nSPS) is 11.4. The Morgan fingerprint density at radius 3 is 2.34 bits per heavy atom. The van der Waals surface area contributed by atoms with Crippen molar-refractivity contribution >= 4 is 40.0 Å². The quantitative estimate of drug-likeness (QED) is 0.160. The highest BCUT2D eigenvalue weighted by molar-refractivity contribution is 8.00. The van der Waals surface area contributed by atoms with Gasteiger partial charge in [-0.1, -0.05) is 53.7 Å². The lowest BCUT2D eigenvalue weighted by Gasteiger charge is -2.16. The van der Waals surface area contributed by atoms with Gasteiger partial charge in [0.2, 0.25) is 5.91 Å². The fourth-order valence-corrected chi connectivity index (χ4v) is 6.16. The zero-order chi connectivity index (χ0) is 29.7. The molecular formula is C32H31N3O4S2. The van der Waals surface area contributed by atoms with Crippen molar-refractivity contribution in [2.75, 3.05) is 19.0 Å². The van der Waals surface area contributed by atoms with E-state index in [0.29, 0.717) is 38.2 Å². The molecule has 0 radical (unpaired) electrons. The van der Waals surface area contributed by atoms with Gasteiger partial charge in [0, 0.05) is 16.0 Å². The van der Waals surface area contributed by atoms with Crippen molar-refractivity contribution < 1.29 is 19.1 Å². The Morgan fingerprint density at radius 2 is 1.73 bits per heavy atom. The Kier molecular flexibility index (Phi) is 9.48. The highest BCUT2D eigenvalue weighted by atomic mass is 32.2. The van der Waals surface area contributed by atoms with Crippen LogP contribution in [0.4, 0.5) is 5.00 Å². The summed E-state index contributed by atoms with van der Waals surface area (Å²) >= 11 is 2.54. The number of nitrogens with one attached hydrogen (secondary N) is 1. The van der Waals surface area contributed by atoms with Gasteiger partial charge in [0.05, 0.1) is 35.8 Å². The monoisotopic (exact) mass is 585 g/mol. The van der Waals surface area contributed by atoms with Crippen molar-refractivity contribution in [3.8, 4) is 34.2 Å². The Hall–Kier alpha value is -4.13. The molecule has 0 spiro atoms. The van der Waals surface area contributed by atoms with E-state index < -0.39 is 11.2 Å². The molecule has 1 N–H and O–H groups in total. The smallest absolute Gasteiger partial charge is 0.341 e. The molecule has 210 valence electrons. The first-order valence-electron chi connectivity index (χ1n) is 13.1. The molecule has 9 heteroatoms. The van der Waals surface area contributed by atoms with Crippen LogP contribution in [-0.2, 0) is 9.53 Å². The number of hydrogen-bond acceptors (Lipinski definition) is 8. The van der Waals surface area contributed by atoms with Crippen LogP contribution in [-0.4, -0.2) is 35.8 Å². The number of methoxy groups -OCH3 is 1. The summed E-state index contributed by atoms with van der Waals surface area (Å²) in [6.07, 6.45) is 0. The van der Waals surface area contributed by atoms with E-state index in [4.69, 9.17) is 14.5 Å². The van der Waals surface area contributed by atoms with Crippen molar-refractivity contribution in [1.82, 2.24) is 4.98 Å². The second-order valence-corrected chi connectivity index (χ2v) is 12.0. The first-order chi connectivity index (χ1) is 19.7. The summed E-state index contributed by atoms with van der Waals surface area (Å²) in [4.78, 5) is 31.8. The molecule has 0 saturated heterocycles. The maximum atomic E-state index is 13.4. The number of rotatable bonds is 9. The van der Waals surface area contributed by atoms with Crippen LogP contribution in [0.3, 0.4) is 0 Å². The number of carbonyl (C=O) groups excluding carboxylic acids is 2. The highest BCUT2D eigenvalue weighted by Crippen LogP contribution is 2.38. The van der Waals surface area contributed by atoms with Crippen molar-refractivity contribution in [1.29, 1.82) is 5.26 Å². The zero-order valence-corrected chi connectivity index (χ0v) is 25.5. The maximum absolute atomic E-state index is 13.4. The summed E-state index contributed by atoms with van der Waals surface area (Å²) in [5.74, 6) is -0.0613. The predicted octanol–water partition coefficient (Wildman–Crippen LogP) is 7.58. The molecule has 0 bridgehead atoms. The number of pyridine rings is 1. The molecule has 2 heterocycles. The number of nitriles is 1. The van der Waals surface area contributed by atoms with E-state index in [9.17, 15) is 14.9 Å². The second kappa shape index (κ2) is 13.0. The standard InChI is InChI=1S/C32H31N3O4S2/c1-7-39-32(37)28-19(3)20(4)40-31(28)35-29(36)21(5)41-30-26(17-33)25(22-12-14-24(38-6)15-13-22)16-27(34-30)23-10-8-18(2)9-11-23/h8-16,21H,7H2,1-6H3,(H,35,36)/t21-/m1/s1. The predicted molar refractivity (Wildman–Crippen MR) is 165 cm³/mol. The first kappa shape index (κ1) is 29.8. The number of anilines is 1. The molecule has 0 saturated carbocycles. The van der Waals surface area contributed by atoms with E-state index in [1.54, 1.807) is 21.0 Å². The molecular weight excluding hydrogens is 555 g/mol.